The topological polar surface area (TPSA) is 110 Å². The highest BCUT2D eigenvalue weighted by atomic mass is 16.6. The van der Waals surface area contributed by atoms with Gasteiger partial charge in [0.25, 0.3) is 5.69 Å². The highest BCUT2D eigenvalue weighted by Gasteiger charge is 2.14. The highest BCUT2D eigenvalue weighted by molar-refractivity contribution is 5.87. The molecular weight excluding hydrogens is 204 g/mol. The number of nitrogens with one attached hydrogen (secondary N) is 1. The first-order valence-electron chi connectivity index (χ1n) is 3.78. The fourth-order valence-electron chi connectivity index (χ4n) is 1.00. The zero-order chi connectivity index (χ0) is 11.4. The van der Waals surface area contributed by atoms with Gasteiger partial charge in [-0.3, -0.25) is 20.2 Å². The Kier molecular flexibility index (Phi) is 2.97. The van der Waals surface area contributed by atoms with Crippen LogP contribution >= 0.6 is 0 Å². The van der Waals surface area contributed by atoms with Crippen molar-refractivity contribution >= 4 is 23.8 Å². The number of nitrogens with zero attached hydrogens (tertiary/aromatic N) is 1. The fraction of sp³-hybridized carbons (Fsp3) is 0. The molecular formula is C8H6N2O5. The zero-order valence-corrected chi connectivity index (χ0v) is 7.34. The molecule has 0 spiro atoms. The average molecular weight is 210 g/mol. The lowest BCUT2D eigenvalue weighted by Gasteiger charge is -2.01. The molecule has 2 N–H and O–H groups in total. The van der Waals surface area contributed by atoms with Gasteiger partial charge in [-0.1, -0.05) is 0 Å². The van der Waals surface area contributed by atoms with Crippen LogP contribution in [0.2, 0.25) is 0 Å². The van der Waals surface area contributed by atoms with Crippen LogP contribution in [-0.4, -0.2) is 22.4 Å². The van der Waals surface area contributed by atoms with Gasteiger partial charge in [0.1, 0.15) is 0 Å². The van der Waals surface area contributed by atoms with Crippen molar-refractivity contribution in [3.05, 3.63) is 33.9 Å². The SMILES string of the molecule is O=Cc1ccc(NC(=O)O)cc1[N+](=O)[O-]. The molecule has 0 saturated heterocycles. The molecule has 15 heavy (non-hydrogen) atoms. The number of hydrogen-bond donors (Lipinski definition) is 2. The van der Waals surface area contributed by atoms with Crippen molar-refractivity contribution in [3.8, 4) is 0 Å². The number of anilines is 1. The van der Waals surface area contributed by atoms with Gasteiger partial charge in [0.15, 0.2) is 6.29 Å². The Hall–Kier alpha value is -2.44. The molecule has 1 aromatic rings. The molecule has 0 bridgehead atoms. The number of amides is 1. The summed E-state index contributed by atoms with van der Waals surface area (Å²) >= 11 is 0. The summed E-state index contributed by atoms with van der Waals surface area (Å²) in [6.07, 6.45) is -0.994. The van der Waals surface area contributed by atoms with Crippen LogP contribution in [0.1, 0.15) is 10.4 Å². The minimum Gasteiger partial charge on any atom is -0.465 e. The van der Waals surface area contributed by atoms with E-state index in [2.05, 4.69) is 0 Å². The maximum atomic E-state index is 10.5. The maximum absolute atomic E-state index is 10.5. The van der Waals surface area contributed by atoms with Gasteiger partial charge < -0.3 is 5.11 Å². The summed E-state index contributed by atoms with van der Waals surface area (Å²) in [5.41, 5.74) is -0.494. The minimum absolute atomic E-state index is 0.0415. The van der Waals surface area contributed by atoms with Crippen molar-refractivity contribution in [2.45, 2.75) is 0 Å². The summed E-state index contributed by atoms with van der Waals surface area (Å²) in [6.45, 7) is 0. The number of benzene rings is 1. The van der Waals surface area contributed by atoms with E-state index in [-0.39, 0.29) is 11.3 Å². The standard InChI is InChI=1S/C8H6N2O5/c11-4-5-1-2-6(9-8(12)13)3-7(5)10(14)15/h1-4,9H,(H,12,13). The second kappa shape index (κ2) is 4.18. The smallest absolute Gasteiger partial charge is 0.409 e. The predicted octanol–water partition coefficient (Wildman–Crippen LogP) is 1.50. The number of hydrogen-bond acceptors (Lipinski definition) is 4. The summed E-state index contributed by atoms with van der Waals surface area (Å²) in [5, 5.41) is 20.8. The third-order valence-electron chi connectivity index (χ3n) is 1.61. The maximum Gasteiger partial charge on any atom is 0.409 e. The van der Waals surface area contributed by atoms with E-state index < -0.39 is 16.7 Å². The Bertz CT molecular complexity index is 429. The zero-order valence-electron chi connectivity index (χ0n) is 7.34. The van der Waals surface area contributed by atoms with Gasteiger partial charge in [-0.15, -0.1) is 0 Å². The first kappa shape index (κ1) is 10.6. The quantitative estimate of drug-likeness (QED) is 0.446. The van der Waals surface area contributed by atoms with Crippen molar-refractivity contribution in [3.63, 3.8) is 0 Å². The Labute approximate surface area is 83.5 Å². The van der Waals surface area contributed by atoms with Gasteiger partial charge in [-0.2, -0.15) is 0 Å². The molecule has 0 aliphatic rings. The number of rotatable bonds is 3. The first-order valence-corrected chi connectivity index (χ1v) is 3.78. The van der Waals surface area contributed by atoms with Gasteiger partial charge in [0.05, 0.1) is 16.2 Å². The monoisotopic (exact) mass is 210 g/mol. The molecule has 0 fully saturated rings. The summed E-state index contributed by atoms with van der Waals surface area (Å²) in [5.74, 6) is 0. The van der Waals surface area contributed by atoms with Crippen molar-refractivity contribution in [1.29, 1.82) is 0 Å². The van der Waals surface area contributed by atoms with E-state index >= 15 is 0 Å². The predicted molar refractivity (Wildman–Crippen MR) is 50.1 cm³/mol. The Balaban J connectivity index is 3.15. The van der Waals surface area contributed by atoms with E-state index in [0.29, 0.717) is 6.29 Å². The molecule has 78 valence electrons. The lowest BCUT2D eigenvalue weighted by Crippen LogP contribution is -2.07. The second-order valence-corrected chi connectivity index (χ2v) is 2.58. The summed E-state index contributed by atoms with van der Waals surface area (Å²) in [7, 11) is 0. The highest BCUT2D eigenvalue weighted by Crippen LogP contribution is 2.21. The number of carbonyl (C=O) groups is 2. The molecule has 0 saturated carbocycles. The number of carboxylic acid groups (broad SMARTS) is 1. The first-order chi connectivity index (χ1) is 7.04. The van der Waals surface area contributed by atoms with Crippen molar-refractivity contribution in [2.75, 3.05) is 5.32 Å². The number of nitro benzene ring substituents is 1. The molecule has 1 rings (SSSR count). The number of carbonyl (C=O) groups excluding carboxylic acids is 1. The Morgan fingerprint density at radius 1 is 1.53 bits per heavy atom. The fourth-order valence-corrected chi connectivity index (χ4v) is 1.00. The Morgan fingerprint density at radius 2 is 2.20 bits per heavy atom. The lowest BCUT2D eigenvalue weighted by atomic mass is 10.2. The molecule has 7 nitrogen and oxygen atoms in total. The van der Waals surface area contributed by atoms with Crippen LogP contribution in [0, 0.1) is 10.1 Å². The largest absolute Gasteiger partial charge is 0.465 e. The van der Waals surface area contributed by atoms with Gasteiger partial charge in [-0.05, 0) is 12.1 Å². The summed E-state index contributed by atoms with van der Waals surface area (Å²) in [4.78, 5) is 30.4. The third-order valence-corrected chi connectivity index (χ3v) is 1.61. The molecule has 0 unspecified atom stereocenters. The van der Waals surface area contributed by atoms with E-state index in [4.69, 9.17) is 5.11 Å². The van der Waals surface area contributed by atoms with Crippen molar-refractivity contribution < 1.29 is 19.6 Å². The molecule has 1 amide bonds. The Morgan fingerprint density at radius 3 is 2.67 bits per heavy atom. The second-order valence-electron chi connectivity index (χ2n) is 2.58. The average Bonchev–Trinajstić information content (AvgIpc) is 2.16. The molecule has 0 aliphatic carbocycles. The van der Waals surface area contributed by atoms with Crippen LogP contribution in [0.5, 0.6) is 0 Å². The van der Waals surface area contributed by atoms with Crippen LogP contribution < -0.4 is 5.32 Å². The number of aldehydes is 1. The molecule has 0 heterocycles. The van der Waals surface area contributed by atoms with E-state index in [9.17, 15) is 19.7 Å². The summed E-state index contributed by atoms with van der Waals surface area (Å²) < 4.78 is 0. The molecule has 7 heteroatoms. The molecule has 0 atom stereocenters. The van der Waals surface area contributed by atoms with E-state index in [1.54, 1.807) is 0 Å². The van der Waals surface area contributed by atoms with Crippen LogP contribution in [0.25, 0.3) is 0 Å². The van der Waals surface area contributed by atoms with E-state index in [0.717, 1.165) is 6.07 Å². The van der Waals surface area contributed by atoms with E-state index in [1.807, 2.05) is 5.32 Å². The van der Waals surface area contributed by atoms with Crippen LogP contribution in [0.15, 0.2) is 18.2 Å². The third kappa shape index (κ3) is 2.50. The molecule has 0 radical (unpaired) electrons. The minimum atomic E-state index is -1.33. The number of nitro groups is 1. The van der Waals surface area contributed by atoms with Gasteiger partial charge in [-0.25, -0.2) is 4.79 Å². The van der Waals surface area contributed by atoms with E-state index in [1.165, 1.54) is 12.1 Å². The van der Waals surface area contributed by atoms with Crippen LogP contribution in [-0.2, 0) is 0 Å². The molecule has 0 aromatic heterocycles. The van der Waals surface area contributed by atoms with Crippen molar-refractivity contribution in [1.82, 2.24) is 0 Å². The van der Waals surface area contributed by atoms with Crippen LogP contribution in [0.3, 0.4) is 0 Å². The van der Waals surface area contributed by atoms with Crippen LogP contribution in [0.4, 0.5) is 16.2 Å². The molecule has 0 aliphatic heterocycles. The molecule has 1 aromatic carbocycles. The normalized spacial score (nSPS) is 9.33. The summed E-state index contributed by atoms with van der Waals surface area (Å²) in [6, 6.07) is 3.43. The van der Waals surface area contributed by atoms with Gasteiger partial charge in [0.2, 0.25) is 0 Å². The van der Waals surface area contributed by atoms with Gasteiger partial charge in [0, 0.05) is 6.07 Å². The van der Waals surface area contributed by atoms with Gasteiger partial charge >= 0.3 is 6.09 Å². The van der Waals surface area contributed by atoms with Crippen molar-refractivity contribution in [2.24, 2.45) is 0 Å². The lowest BCUT2D eigenvalue weighted by molar-refractivity contribution is -0.385.